The third-order valence-electron chi connectivity index (χ3n) is 6.72. The Hall–Kier alpha value is -2.89. The third-order valence-corrected chi connectivity index (χ3v) is 6.72. The Morgan fingerprint density at radius 3 is 2.58 bits per heavy atom. The maximum atomic E-state index is 14.7. The van der Waals surface area contributed by atoms with E-state index in [4.69, 9.17) is 0 Å². The normalized spacial score (nSPS) is 18.0. The summed E-state index contributed by atoms with van der Waals surface area (Å²) in [6.45, 7) is 5.49. The minimum atomic E-state index is -0.283. The van der Waals surface area contributed by atoms with E-state index in [0.717, 1.165) is 74.1 Å². The quantitative estimate of drug-likeness (QED) is 0.655. The van der Waals surface area contributed by atoms with Gasteiger partial charge in [0, 0.05) is 37.8 Å². The van der Waals surface area contributed by atoms with Crippen LogP contribution in [0.3, 0.4) is 0 Å². The molecule has 1 aromatic heterocycles. The molecule has 2 fully saturated rings. The van der Waals surface area contributed by atoms with E-state index in [1.807, 2.05) is 37.3 Å². The highest BCUT2D eigenvalue weighted by atomic mass is 19.1. The number of rotatable bonds is 3. The summed E-state index contributed by atoms with van der Waals surface area (Å²) in [5, 5.41) is 0. The first-order chi connectivity index (χ1) is 15.1. The van der Waals surface area contributed by atoms with Crippen molar-refractivity contribution in [2.75, 3.05) is 31.1 Å². The molecule has 6 heteroatoms. The minimum Gasteiger partial charge on any atom is -0.371 e. The molecule has 5 nitrogen and oxygen atoms in total. The van der Waals surface area contributed by atoms with E-state index in [1.54, 1.807) is 0 Å². The fraction of sp³-hybridized carbons (Fsp3) is 0.440. The molecule has 0 aliphatic carbocycles. The molecule has 0 bridgehead atoms. The van der Waals surface area contributed by atoms with Crippen LogP contribution < -0.4 is 4.90 Å². The van der Waals surface area contributed by atoms with Crippen molar-refractivity contribution in [1.29, 1.82) is 0 Å². The van der Waals surface area contributed by atoms with Crippen molar-refractivity contribution >= 4 is 22.6 Å². The van der Waals surface area contributed by atoms with Crippen LogP contribution in [-0.4, -0.2) is 47.0 Å². The molecule has 2 aliphatic heterocycles. The lowest BCUT2D eigenvalue weighted by Crippen LogP contribution is -2.44. The van der Waals surface area contributed by atoms with Crippen LogP contribution in [0.2, 0.25) is 0 Å². The molecule has 5 rings (SSSR count). The molecule has 0 spiro atoms. The van der Waals surface area contributed by atoms with Crippen molar-refractivity contribution in [1.82, 2.24) is 14.9 Å². The molecule has 2 aromatic carbocycles. The zero-order valence-electron chi connectivity index (χ0n) is 18.0. The van der Waals surface area contributed by atoms with Crippen LogP contribution in [0.5, 0.6) is 0 Å². The number of piperidine rings is 2. The Morgan fingerprint density at radius 2 is 1.81 bits per heavy atom. The van der Waals surface area contributed by atoms with Crippen LogP contribution in [0.25, 0.3) is 22.4 Å². The average Bonchev–Trinajstić information content (AvgIpc) is 3.22. The Labute approximate surface area is 182 Å². The van der Waals surface area contributed by atoms with Crippen LogP contribution in [0.15, 0.2) is 36.4 Å². The van der Waals surface area contributed by atoms with E-state index < -0.39 is 0 Å². The van der Waals surface area contributed by atoms with Gasteiger partial charge in [-0.15, -0.1) is 0 Å². The van der Waals surface area contributed by atoms with Gasteiger partial charge >= 0.3 is 0 Å². The second-order valence-corrected chi connectivity index (χ2v) is 8.92. The number of aromatic nitrogens is 2. The molecular weight excluding hydrogens is 391 g/mol. The second-order valence-electron chi connectivity index (χ2n) is 8.92. The number of imidazole rings is 1. The number of benzene rings is 2. The first-order valence-corrected chi connectivity index (χ1v) is 11.4. The van der Waals surface area contributed by atoms with Crippen LogP contribution in [0, 0.1) is 18.7 Å². The molecule has 162 valence electrons. The number of H-pyrrole nitrogens is 1. The summed E-state index contributed by atoms with van der Waals surface area (Å²) in [6.07, 6.45) is 5.20. The van der Waals surface area contributed by atoms with E-state index in [0.29, 0.717) is 17.3 Å². The van der Waals surface area contributed by atoms with Crippen LogP contribution in [0.1, 0.15) is 37.7 Å². The van der Waals surface area contributed by atoms with Crippen LogP contribution in [-0.2, 0) is 4.79 Å². The van der Waals surface area contributed by atoms with Crippen molar-refractivity contribution < 1.29 is 9.18 Å². The molecule has 3 aromatic rings. The third kappa shape index (κ3) is 4.03. The number of hydrogen-bond donors (Lipinski definition) is 1. The number of amides is 1. The highest BCUT2D eigenvalue weighted by Gasteiger charge is 2.29. The Morgan fingerprint density at radius 1 is 1.03 bits per heavy atom. The Kier molecular flexibility index (Phi) is 5.38. The van der Waals surface area contributed by atoms with Gasteiger partial charge in [-0.3, -0.25) is 4.79 Å². The number of likely N-dealkylation sites (tertiary alicyclic amines) is 1. The van der Waals surface area contributed by atoms with Crippen molar-refractivity contribution in [3.8, 4) is 11.4 Å². The predicted molar refractivity (Wildman–Crippen MR) is 122 cm³/mol. The van der Waals surface area contributed by atoms with E-state index in [9.17, 15) is 9.18 Å². The lowest BCUT2D eigenvalue weighted by Gasteiger charge is -2.36. The maximum Gasteiger partial charge on any atom is 0.225 e. The van der Waals surface area contributed by atoms with Gasteiger partial charge in [0.15, 0.2) is 0 Å². The molecule has 31 heavy (non-hydrogen) atoms. The Bertz CT molecular complexity index is 1090. The van der Waals surface area contributed by atoms with Gasteiger partial charge in [0.05, 0.1) is 16.6 Å². The van der Waals surface area contributed by atoms with E-state index >= 15 is 0 Å². The second kappa shape index (κ2) is 8.33. The number of aryl methyl sites for hydroxylation is 1. The number of fused-ring (bicyclic) bond motifs is 1. The molecule has 0 radical (unpaired) electrons. The number of nitrogens with zero attached hydrogens (tertiary/aromatic N) is 3. The van der Waals surface area contributed by atoms with Crippen LogP contribution >= 0.6 is 0 Å². The SMILES string of the molecule is Cc1ccc2nc(-c3cc(N4CCC(C(=O)N5CCCCC5)CC4)ccc3F)[nH]c2c1. The average molecular weight is 421 g/mol. The zero-order valence-corrected chi connectivity index (χ0v) is 18.0. The van der Waals surface area contributed by atoms with Gasteiger partial charge in [-0.2, -0.15) is 0 Å². The first kappa shape index (κ1) is 20.0. The number of aromatic amines is 1. The van der Waals surface area contributed by atoms with Gasteiger partial charge in [0.2, 0.25) is 5.91 Å². The maximum absolute atomic E-state index is 14.7. The largest absolute Gasteiger partial charge is 0.371 e. The number of nitrogens with one attached hydrogen (secondary N) is 1. The van der Waals surface area contributed by atoms with Crippen molar-refractivity contribution in [3.63, 3.8) is 0 Å². The van der Waals surface area contributed by atoms with E-state index in [2.05, 4.69) is 19.8 Å². The number of halogens is 1. The van der Waals surface area contributed by atoms with Gasteiger partial charge in [0.1, 0.15) is 11.6 Å². The monoisotopic (exact) mass is 420 g/mol. The summed E-state index contributed by atoms with van der Waals surface area (Å²) in [5.74, 6) is 0.717. The number of anilines is 1. The minimum absolute atomic E-state index is 0.118. The molecule has 1 amide bonds. The van der Waals surface area contributed by atoms with E-state index in [1.165, 1.54) is 12.5 Å². The zero-order chi connectivity index (χ0) is 21.4. The Balaban J connectivity index is 1.32. The lowest BCUT2D eigenvalue weighted by molar-refractivity contribution is -0.137. The highest BCUT2D eigenvalue weighted by Crippen LogP contribution is 2.31. The molecule has 1 N–H and O–H groups in total. The first-order valence-electron chi connectivity index (χ1n) is 11.4. The smallest absolute Gasteiger partial charge is 0.225 e. The van der Waals surface area contributed by atoms with Gasteiger partial charge in [-0.25, -0.2) is 9.37 Å². The highest BCUT2D eigenvalue weighted by molar-refractivity contribution is 5.81. The topological polar surface area (TPSA) is 52.2 Å². The van der Waals surface area contributed by atoms with Crippen molar-refractivity contribution in [3.05, 3.63) is 47.8 Å². The summed E-state index contributed by atoms with van der Waals surface area (Å²) in [6, 6.07) is 11.2. The van der Waals surface area contributed by atoms with Crippen LogP contribution in [0.4, 0.5) is 10.1 Å². The molecule has 0 saturated carbocycles. The fourth-order valence-corrected chi connectivity index (χ4v) is 4.90. The molecule has 2 saturated heterocycles. The van der Waals surface area contributed by atoms with Crippen molar-refractivity contribution in [2.24, 2.45) is 5.92 Å². The fourth-order valence-electron chi connectivity index (χ4n) is 4.90. The number of carbonyl (C=O) groups is 1. The molecule has 3 heterocycles. The summed E-state index contributed by atoms with van der Waals surface area (Å²) >= 11 is 0. The summed E-state index contributed by atoms with van der Waals surface area (Å²) in [5.41, 5.74) is 4.35. The molecule has 2 aliphatic rings. The van der Waals surface area contributed by atoms with Gasteiger partial charge < -0.3 is 14.8 Å². The summed E-state index contributed by atoms with van der Waals surface area (Å²) < 4.78 is 14.7. The van der Waals surface area contributed by atoms with E-state index in [-0.39, 0.29) is 11.7 Å². The molecule has 0 atom stereocenters. The standard InChI is InChI=1S/C25H29FN4O/c1-17-5-8-22-23(15-17)28-24(27-22)20-16-19(6-7-21(20)26)29-13-9-18(10-14-29)25(31)30-11-3-2-4-12-30/h5-8,15-16,18H,2-4,9-14H2,1H3,(H,27,28). The number of carbonyl (C=O) groups excluding carboxylic acids is 1. The number of hydrogen-bond acceptors (Lipinski definition) is 3. The summed E-state index contributed by atoms with van der Waals surface area (Å²) in [7, 11) is 0. The van der Waals surface area contributed by atoms with Gasteiger partial charge in [-0.05, 0) is 74.9 Å². The molecule has 0 unspecified atom stereocenters. The molecular formula is C25H29FN4O. The summed E-state index contributed by atoms with van der Waals surface area (Å²) in [4.78, 5) is 25.0. The predicted octanol–water partition coefficient (Wildman–Crippen LogP) is 4.91. The van der Waals surface area contributed by atoms with Gasteiger partial charge in [0.25, 0.3) is 0 Å². The van der Waals surface area contributed by atoms with Gasteiger partial charge in [-0.1, -0.05) is 6.07 Å². The van der Waals surface area contributed by atoms with Crippen molar-refractivity contribution in [2.45, 2.75) is 39.0 Å². The lowest BCUT2D eigenvalue weighted by atomic mass is 9.94.